The first-order valence-corrected chi connectivity index (χ1v) is 5.05. The number of pyridine rings is 1. The van der Waals surface area contributed by atoms with E-state index in [2.05, 4.69) is 31.0 Å². The predicted molar refractivity (Wildman–Crippen MR) is 57.6 cm³/mol. The molecule has 0 aliphatic heterocycles. The van der Waals surface area contributed by atoms with Gasteiger partial charge in [0.25, 0.3) is 0 Å². The molecule has 0 aliphatic carbocycles. The van der Waals surface area contributed by atoms with Crippen molar-refractivity contribution < 1.29 is 9.53 Å². The minimum Gasteiger partial charge on any atom is -0.450 e. The van der Waals surface area contributed by atoms with Crippen molar-refractivity contribution in [2.75, 3.05) is 11.9 Å². The Labute approximate surface area is 94.7 Å². The highest BCUT2D eigenvalue weighted by Gasteiger charge is 2.07. The van der Waals surface area contributed by atoms with Crippen molar-refractivity contribution in [2.45, 2.75) is 6.92 Å². The molecule has 0 radical (unpaired) electrons. The number of aromatic nitrogens is 1. The number of hydrogen-bond acceptors (Lipinski definition) is 3. The Kier molecular flexibility index (Phi) is 4.16. The van der Waals surface area contributed by atoms with Gasteiger partial charge in [0.1, 0.15) is 0 Å². The third kappa shape index (κ3) is 3.16. The molecule has 76 valence electrons. The molecule has 1 aromatic heterocycles. The number of nitrogens with one attached hydrogen (secondary N) is 1. The maximum Gasteiger partial charge on any atom is 0.411 e. The second-order valence-electron chi connectivity index (χ2n) is 2.34. The summed E-state index contributed by atoms with van der Waals surface area (Å²) in [5.41, 5.74) is 0.416. The lowest BCUT2D eigenvalue weighted by atomic mass is 10.4. The molecule has 0 fully saturated rings. The van der Waals surface area contributed by atoms with Crippen LogP contribution in [-0.2, 0) is 4.74 Å². The van der Waals surface area contributed by atoms with Crippen molar-refractivity contribution in [3.05, 3.63) is 21.9 Å². The summed E-state index contributed by atoms with van der Waals surface area (Å²) in [4.78, 5) is 14.9. The van der Waals surface area contributed by atoms with Gasteiger partial charge in [-0.2, -0.15) is 0 Å². The Bertz CT molecular complexity index is 346. The summed E-state index contributed by atoms with van der Waals surface area (Å²) in [6.07, 6.45) is 0.993. The predicted octanol–water partition coefficient (Wildman–Crippen LogP) is 3.07. The molecule has 0 saturated heterocycles. The number of carbonyl (C=O) groups is 1. The number of anilines is 1. The van der Waals surface area contributed by atoms with E-state index < -0.39 is 6.09 Å². The summed E-state index contributed by atoms with van der Waals surface area (Å²) in [5.74, 6) is 0. The molecule has 0 atom stereocenters. The van der Waals surface area contributed by atoms with Crippen LogP contribution in [0.4, 0.5) is 10.5 Å². The van der Waals surface area contributed by atoms with Gasteiger partial charge in [0.2, 0.25) is 0 Å². The van der Waals surface area contributed by atoms with Gasteiger partial charge in [-0.1, -0.05) is 11.6 Å². The lowest BCUT2D eigenvalue weighted by molar-refractivity contribution is 0.168. The highest BCUT2D eigenvalue weighted by Crippen LogP contribution is 2.22. The fourth-order valence-electron chi connectivity index (χ4n) is 0.787. The van der Waals surface area contributed by atoms with E-state index in [0.29, 0.717) is 12.3 Å². The standard InChI is InChI=1S/C8H8BrClN2O2/c1-2-14-8(13)12-6-3-5(9)4-11-7(6)10/h3-4H,2H2,1H3,(H,12,13). The van der Waals surface area contributed by atoms with Crippen LogP contribution in [-0.4, -0.2) is 17.7 Å². The van der Waals surface area contributed by atoms with Crippen molar-refractivity contribution in [2.24, 2.45) is 0 Å². The first-order chi connectivity index (χ1) is 6.63. The van der Waals surface area contributed by atoms with E-state index >= 15 is 0 Å². The zero-order valence-corrected chi connectivity index (χ0v) is 9.72. The summed E-state index contributed by atoms with van der Waals surface area (Å²) < 4.78 is 5.42. The minimum atomic E-state index is -0.547. The van der Waals surface area contributed by atoms with E-state index in [1.165, 1.54) is 0 Å². The van der Waals surface area contributed by atoms with Crippen LogP contribution in [0.15, 0.2) is 16.7 Å². The number of halogens is 2. The molecule has 1 aromatic rings. The summed E-state index contributed by atoms with van der Waals surface area (Å²) in [7, 11) is 0. The maximum atomic E-state index is 11.0. The van der Waals surface area contributed by atoms with Crippen molar-refractivity contribution in [3.63, 3.8) is 0 Å². The third-order valence-corrected chi connectivity index (χ3v) is 2.05. The van der Waals surface area contributed by atoms with Gasteiger partial charge in [-0.05, 0) is 28.9 Å². The molecular weight excluding hydrogens is 271 g/mol. The SMILES string of the molecule is CCOC(=O)Nc1cc(Br)cnc1Cl. The van der Waals surface area contributed by atoms with Crippen LogP contribution in [0.5, 0.6) is 0 Å². The lowest BCUT2D eigenvalue weighted by Crippen LogP contribution is -2.13. The molecule has 4 nitrogen and oxygen atoms in total. The number of ether oxygens (including phenoxy) is 1. The van der Waals surface area contributed by atoms with Gasteiger partial charge < -0.3 is 4.74 Å². The molecule has 1 N–H and O–H groups in total. The third-order valence-electron chi connectivity index (χ3n) is 1.32. The zero-order chi connectivity index (χ0) is 10.6. The molecule has 0 saturated carbocycles. The average molecular weight is 280 g/mol. The Balaban J connectivity index is 2.75. The second kappa shape index (κ2) is 5.17. The van der Waals surface area contributed by atoms with Crippen LogP contribution >= 0.6 is 27.5 Å². The topological polar surface area (TPSA) is 51.2 Å². The van der Waals surface area contributed by atoms with Crippen molar-refractivity contribution in [1.29, 1.82) is 0 Å². The van der Waals surface area contributed by atoms with Crippen molar-refractivity contribution >= 4 is 39.3 Å². The molecule has 0 aromatic carbocycles. The molecule has 1 amide bonds. The molecule has 14 heavy (non-hydrogen) atoms. The van der Waals surface area contributed by atoms with E-state index in [4.69, 9.17) is 11.6 Å². The first kappa shape index (κ1) is 11.3. The maximum absolute atomic E-state index is 11.0. The monoisotopic (exact) mass is 278 g/mol. The van der Waals surface area contributed by atoms with E-state index in [9.17, 15) is 4.79 Å². The number of rotatable bonds is 2. The smallest absolute Gasteiger partial charge is 0.411 e. The van der Waals surface area contributed by atoms with Gasteiger partial charge in [0.05, 0.1) is 12.3 Å². The van der Waals surface area contributed by atoms with Gasteiger partial charge in [-0.3, -0.25) is 5.32 Å². The minimum absolute atomic E-state index is 0.223. The lowest BCUT2D eigenvalue weighted by Gasteiger charge is -2.06. The van der Waals surface area contributed by atoms with Crippen LogP contribution < -0.4 is 5.32 Å². The van der Waals surface area contributed by atoms with Crippen LogP contribution in [0.2, 0.25) is 5.15 Å². The van der Waals surface area contributed by atoms with E-state index in [0.717, 1.165) is 4.47 Å². The van der Waals surface area contributed by atoms with Gasteiger partial charge >= 0.3 is 6.09 Å². The Hall–Kier alpha value is -0.810. The van der Waals surface area contributed by atoms with Crippen LogP contribution in [0.1, 0.15) is 6.92 Å². The highest BCUT2D eigenvalue weighted by atomic mass is 79.9. The molecular formula is C8H8BrClN2O2. The van der Waals surface area contributed by atoms with E-state index in [1.807, 2.05) is 0 Å². The fourth-order valence-corrected chi connectivity index (χ4v) is 1.27. The fraction of sp³-hybridized carbons (Fsp3) is 0.250. The molecule has 1 heterocycles. The highest BCUT2D eigenvalue weighted by molar-refractivity contribution is 9.10. The molecule has 0 bridgehead atoms. The average Bonchev–Trinajstić information content (AvgIpc) is 2.12. The molecule has 0 aliphatic rings. The summed E-state index contributed by atoms with van der Waals surface area (Å²) >= 11 is 8.95. The summed E-state index contributed by atoms with van der Waals surface area (Å²) in [6.45, 7) is 2.03. The van der Waals surface area contributed by atoms with Crippen molar-refractivity contribution in [3.8, 4) is 0 Å². The quantitative estimate of drug-likeness (QED) is 0.847. The molecule has 1 rings (SSSR count). The zero-order valence-electron chi connectivity index (χ0n) is 7.38. The molecule has 0 unspecified atom stereocenters. The van der Waals surface area contributed by atoms with Crippen LogP contribution in [0.3, 0.4) is 0 Å². The first-order valence-electron chi connectivity index (χ1n) is 3.88. The number of nitrogens with zero attached hydrogens (tertiary/aromatic N) is 1. The van der Waals surface area contributed by atoms with Crippen molar-refractivity contribution in [1.82, 2.24) is 4.98 Å². The Morgan fingerprint density at radius 3 is 3.14 bits per heavy atom. The normalized spacial score (nSPS) is 9.64. The van der Waals surface area contributed by atoms with Gasteiger partial charge in [-0.25, -0.2) is 9.78 Å². The Morgan fingerprint density at radius 2 is 2.50 bits per heavy atom. The van der Waals surface area contributed by atoms with Gasteiger partial charge in [0, 0.05) is 10.7 Å². The van der Waals surface area contributed by atoms with Crippen LogP contribution in [0, 0.1) is 0 Å². The van der Waals surface area contributed by atoms with E-state index in [1.54, 1.807) is 19.2 Å². The number of hydrogen-bond donors (Lipinski definition) is 1. The van der Waals surface area contributed by atoms with Gasteiger partial charge in [-0.15, -0.1) is 0 Å². The second-order valence-corrected chi connectivity index (χ2v) is 3.61. The molecule has 6 heteroatoms. The number of carbonyl (C=O) groups excluding carboxylic acids is 1. The molecule has 0 spiro atoms. The van der Waals surface area contributed by atoms with Gasteiger partial charge in [0.15, 0.2) is 5.15 Å². The largest absolute Gasteiger partial charge is 0.450 e. The number of amides is 1. The summed E-state index contributed by atoms with van der Waals surface area (Å²) in [5, 5.41) is 2.69. The van der Waals surface area contributed by atoms with E-state index in [-0.39, 0.29) is 5.15 Å². The summed E-state index contributed by atoms with van der Waals surface area (Å²) in [6, 6.07) is 1.65. The Morgan fingerprint density at radius 1 is 1.79 bits per heavy atom. The van der Waals surface area contributed by atoms with Crippen LogP contribution in [0.25, 0.3) is 0 Å².